The Hall–Kier alpha value is -3.11. The van der Waals surface area contributed by atoms with E-state index < -0.39 is 10.0 Å². The van der Waals surface area contributed by atoms with E-state index in [0.717, 1.165) is 36.1 Å². The van der Waals surface area contributed by atoms with Crippen molar-refractivity contribution in [1.29, 1.82) is 0 Å². The number of aromatic nitrogens is 4. The second-order valence-electron chi connectivity index (χ2n) is 8.17. The highest BCUT2D eigenvalue weighted by molar-refractivity contribution is 7.89. The molecule has 1 saturated heterocycles. The van der Waals surface area contributed by atoms with Crippen molar-refractivity contribution in [2.24, 2.45) is 0 Å². The molecule has 1 amide bonds. The molecule has 9 nitrogen and oxygen atoms in total. The van der Waals surface area contributed by atoms with Crippen LogP contribution in [0.25, 0.3) is 5.69 Å². The topological polar surface area (TPSA) is 101 Å². The first-order valence-corrected chi connectivity index (χ1v) is 12.2. The third kappa shape index (κ3) is 4.03. The van der Waals surface area contributed by atoms with Crippen molar-refractivity contribution >= 4 is 15.9 Å². The number of aryl methyl sites for hydroxylation is 2. The molecular formula is C22H24N6O3S. The van der Waals surface area contributed by atoms with Gasteiger partial charge in [-0.1, -0.05) is 18.2 Å². The molecule has 1 aromatic heterocycles. The van der Waals surface area contributed by atoms with E-state index >= 15 is 0 Å². The molecule has 10 heteroatoms. The normalized spacial score (nSPS) is 16.8. The molecule has 0 saturated carbocycles. The van der Waals surface area contributed by atoms with Gasteiger partial charge in [0, 0.05) is 26.2 Å². The molecule has 2 aliphatic rings. The smallest absolute Gasteiger partial charge is 0.243 e. The molecule has 166 valence electrons. The second-order valence-corrected chi connectivity index (χ2v) is 10.1. The lowest BCUT2D eigenvalue weighted by Gasteiger charge is -2.34. The van der Waals surface area contributed by atoms with Crippen LogP contribution in [0.2, 0.25) is 0 Å². The monoisotopic (exact) mass is 452 g/mol. The molecule has 5 rings (SSSR count). The number of fused-ring (bicyclic) bond motifs is 1. The molecule has 1 aliphatic heterocycles. The van der Waals surface area contributed by atoms with Crippen molar-refractivity contribution < 1.29 is 13.2 Å². The number of rotatable bonds is 5. The lowest BCUT2D eigenvalue weighted by atomic mass is 10.1. The molecule has 1 fully saturated rings. The van der Waals surface area contributed by atoms with Crippen LogP contribution in [-0.2, 0) is 34.1 Å². The third-order valence-corrected chi connectivity index (χ3v) is 8.10. The molecule has 32 heavy (non-hydrogen) atoms. The van der Waals surface area contributed by atoms with Crippen molar-refractivity contribution in [3.8, 4) is 5.69 Å². The number of tetrazole rings is 1. The first kappa shape index (κ1) is 20.8. The molecule has 0 unspecified atom stereocenters. The van der Waals surface area contributed by atoms with Gasteiger partial charge in [-0.05, 0) is 70.6 Å². The van der Waals surface area contributed by atoms with Crippen LogP contribution < -0.4 is 0 Å². The lowest BCUT2D eigenvalue weighted by molar-refractivity contribution is -0.131. The van der Waals surface area contributed by atoms with Gasteiger partial charge in [0.05, 0.1) is 17.0 Å². The van der Waals surface area contributed by atoms with E-state index in [1.165, 1.54) is 16.2 Å². The predicted octanol–water partition coefficient (Wildman–Crippen LogP) is 1.23. The number of hydrogen-bond acceptors (Lipinski definition) is 6. The summed E-state index contributed by atoms with van der Waals surface area (Å²) in [4.78, 5) is 14.9. The average Bonchev–Trinajstić information content (AvgIpc) is 3.51. The minimum absolute atomic E-state index is 0.00486. The quantitative estimate of drug-likeness (QED) is 0.577. The van der Waals surface area contributed by atoms with Crippen molar-refractivity contribution in [2.75, 3.05) is 26.2 Å². The van der Waals surface area contributed by atoms with Gasteiger partial charge in [-0.3, -0.25) is 4.79 Å². The Kier molecular flexibility index (Phi) is 5.48. The van der Waals surface area contributed by atoms with Crippen molar-refractivity contribution in [1.82, 2.24) is 29.4 Å². The van der Waals surface area contributed by atoms with Crippen LogP contribution in [0.1, 0.15) is 23.1 Å². The fraction of sp³-hybridized carbons (Fsp3) is 0.364. The molecule has 2 heterocycles. The molecule has 3 aromatic rings. The highest BCUT2D eigenvalue weighted by atomic mass is 32.2. The summed E-state index contributed by atoms with van der Waals surface area (Å²) in [6, 6.07) is 13.0. The van der Waals surface area contributed by atoms with Gasteiger partial charge in [0.1, 0.15) is 6.33 Å². The molecule has 0 N–H and O–H groups in total. The van der Waals surface area contributed by atoms with Gasteiger partial charge in [0.2, 0.25) is 15.9 Å². The van der Waals surface area contributed by atoms with E-state index in [1.54, 1.807) is 15.6 Å². The lowest BCUT2D eigenvalue weighted by Crippen LogP contribution is -2.50. The number of hydrogen-bond donors (Lipinski definition) is 0. The van der Waals surface area contributed by atoms with Crippen molar-refractivity contribution in [3.63, 3.8) is 0 Å². The minimum atomic E-state index is -3.54. The van der Waals surface area contributed by atoms with Gasteiger partial charge in [-0.15, -0.1) is 5.10 Å². The van der Waals surface area contributed by atoms with E-state index in [4.69, 9.17) is 0 Å². The van der Waals surface area contributed by atoms with E-state index in [-0.39, 0.29) is 12.3 Å². The fourth-order valence-electron chi connectivity index (χ4n) is 4.37. The maximum absolute atomic E-state index is 13.1. The number of carbonyl (C=O) groups excluding carboxylic acids is 1. The maximum Gasteiger partial charge on any atom is 0.243 e. The Morgan fingerprint density at radius 1 is 0.938 bits per heavy atom. The standard InChI is InChI=1S/C22H24N6O3S/c29-22(14-17-4-7-20(8-5-17)28-16-23-24-25-28)26-10-12-27(13-11-26)32(30,31)21-9-6-18-2-1-3-19(18)15-21/h4-9,15-16H,1-3,10-14H2. The minimum Gasteiger partial charge on any atom is -0.340 e. The summed E-state index contributed by atoms with van der Waals surface area (Å²) in [7, 11) is -3.54. The summed E-state index contributed by atoms with van der Waals surface area (Å²) in [5, 5.41) is 11.1. The number of amides is 1. The molecular weight excluding hydrogens is 428 g/mol. The Balaban J connectivity index is 1.19. The number of carbonyl (C=O) groups is 1. The number of piperazine rings is 1. The molecule has 0 bridgehead atoms. The highest BCUT2D eigenvalue weighted by Gasteiger charge is 2.30. The summed E-state index contributed by atoms with van der Waals surface area (Å²) in [6.07, 6.45) is 4.83. The third-order valence-electron chi connectivity index (χ3n) is 6.20. The highest BCUT2D eigenvalue weighted by Crippen LogP contribution is 2.26. The Morgan fingerprint density at radius 3 is 2.41 bits per heavy atom. The first-order valence-electron chi connectivity index (χ1n) is 10.7. The van der Waals surface area contributed by atoms with Gasteiger partial charge in [-0.2, -0.15) is 4.31 Å². The van der Waals surface area contributed by atoms with Crippen LogP contribution in [0, 0.1) is 0 Å². The summed E-state index contributed by atoms with van der Waals surface area (Å²) >= 11 is 0. The zero-order chi connectivity index (χ0) is 22.1. The van der Waals surface area contributed by atoms with Gasteiger partial charge in [0.25, 0.3) is 0 Å². The first-order chi connectivity index (χ1) is 15.5. The summed E-state index contributed by atoms with van der Waals surface area (Å²) in [5.41, 5.74) is 4.10. The predicted molar refractivity (Wildman–Crippen MR) is 117 cm³/mol. The van der Waals surface area contributed by atoms with E-state index in [2.05, 4.69) is 15.5 Å². The Bertz CT molecular complexity index is 1220. The summed E-state index contributed by atoms with van der Waals surface area (Å²) < 4.78 is 29.2. The average molecular weight is 453 g/mol. The molecule has 0 atom stereocenters. The SMILES string of the molecule is O=C(Cc1ccc(-n2cnnn2)cc1)N1CCN(S(=O)(=O)c2ccc3c(c2)CCC3)CC1. The number of sulfonamides is 1. The summed E-state index contributed by atoms with van der Waals surface area (Å²) in [6.45, 7) is 1.41. The van der Waals surface area contributed by atoms with Crippen LogP contribution in [-0.4, -0.2) is 69.9 Å². The van der Waals surface area contributed by atoms with Crippen LogP contribution in [0.5, 0.6) is 0 Å². The van der Waals surface area contributed by atoms with E-state index in [1.807, 2.05) is 36.4 Å². The van der Waals surface area contributed by atoms with Crippen LogP contribution >= 0.6 is 0 Å². The Morgan fingerprint density at radius 2 is 1.69 bits per heavy atom. The number of nitrogens with zero attached hydrogens (tertiary/aromatic N) is 6. The van der Waals surface area contributed by atoms with Gasteiger partial charge in [0.15, 0.2) is 0 Å². The van der Waals surface area contributed by atoms with Crippen molar-refractivity contribution in [2.45, 2.75) is 30.6 Å². The zero-order valence-electron chi connectivity index (χ0n) is 17.6. The largest absolute Gasteiger partial charge is 0.340 e. The zero-order valence-corrected chi connectivity index (χ0v) is 18.4. The molecule has 0 spiro atoms. The van der Waals surface area contributed by atoms with Gasteiger partial charge in [-0.25, -0.2) is 13.1 Å². The van der Waals surface area contributed by atoms with Gasteiger partial charge >= 0.3 is 0 Å². The Labute approximate surface area is 186 Å². The van der Waals surface area contributed by atoms with Gasteiger partial charge < -0.3 is 4.90 Å². The van der Waals surface area contributed by atoms with Crippen LogP contribution in [0.3, 0.4) is 0 Å². The second kappa shape index (κ2) is 8.44. The molecule has 1 aliphatic carbocycles. The fourth-order valence-corrected chi connectivity index (χ4v) is 5.84. The van der Waals surface area contributed by atoms with Crippen LogP contribution in [0.4, 0.5) is 0 Å². The van der Waals surface area contributed by atoms with E-state index in [9.17, 15) is 13.2 Å². The van der Waals surface area contributed by atoms with E-state index in [0.29, 0.717) is 31.1 Å². The summed E-state index contributed by atoms with van der Waals surface area (Å²) in [5.74, 6) is -0.00486. The van der Waals surface area contributed by atoms with Crippen molar-refractivity contribution in [3.05, 3.63) is 65.5 Å². The van der Waals surface area contributed by atoms with Crippen LogP contribution in [0.15, 0.2) is 53.7 Å². The maximum atomic E-state index is 13.1. The number of benzene rings is 2. The molecule has 0 radical (unpaired) electrons. The molecule has 2 aromatic carbocycles.